The molecule has 0 aliphatic carbocycles. The predicted octanol–water partition coefficient (Wildman–Crippen LogP) is 5.38. The molecule has 122 valence electrons. The van der Waals surface area contributed by atoms with Crippen LogP contribution in [0.5, 0.6) is 0 Å². The molecule has 0 aliphatic heterocycles. The van der Waals surface area contributed by atoms with Gasteiger partial charge < -0.3 is 4.74 Å². The van der Waals surface area contributed by atoms with Crippen LogP contribution in [0.25, 0.3) is 0 Å². The number of esters is 1. The number of carbonyl (C=O) groups is 1. The zero-order valence-corrected chi connectivity index (χ0v) is 14.3. The first-order valence-electron chi connectivity index (χ1n) is 8.45. The van der Waals surface area contributed by atoms with Crippen LogP contribution in [0.2, 0.25) is 0 Å². The van der Waals surface area contributed by atoms with Crippen LogP contribution in [0, 0.1) is 0 Å². The van der Waals surface area contributed by atoms with Crippen LogP contribution in [0.1, 0.15) is 61.0 Å². The molecule has 2 aromatic rings. The smallest absolute Gasteiger partial charge is 0.338 e. The Morgan fingerprint density at radius 2 is 1.65 bits per heavy atom. The third-order valence-electron chi connectivity index (χ3n) is 4.13. The minimum Gasteiger partial charge on any atom is -0.459 e. The van der Waals surface area contributed by atoms with Crippen LogP contribution >= 0.6 is 0 Å². The molecule has 0 fully saturated rings. The van der Waals surface area contributed by atoms with Gasteiger partial charge in [-0.15, -0.1) is 0 Å². The van der Waals surface area contributed by atoms with Gasteiger partial charge in [-0.2, -0.15) is 0 Å². The zero-order chi connectivity index (χ0) is 16.7. The summed E-state index contributed by atoms with van der Waals surface area (Å²) in [6.45, 7) is 6.26. The average molecular weight is 310 g/mol. The Bertz CT molecular complexity index is 617. The molecule has 0 saturated heterocycles. The SMILES string of the molecule is CCC(CCc1ccccc1)OC(=O)c1ccccc1C(C)C. The fourth-order valence-electron chi connectivity index (χ4n) is 2.72. The summed E-state index contributed by atoms with van der Waals surface area (Å²) < 4.78 is 5.76. The van der Waals surface area contributed by atoms with Crippen LogP contribution in [-0.2, 0) is 11.2 Å². The molecule has 2 aromatic carbocycles. The van der Waals surface area contributed by atoms with Gasteiger partial charge in [0, 0.05) is 0 Å². The molecule has 23 heavy (non-hydrogen) atoms. The van der Waals surface area contributed by atoms with Crippen molar-refractivity contribution >= 4 is 5.97 Å². The van der Waals surface area contributed by atoms with Crippen molar-refractivity contribution in [2.24, 2.45) is 0 Å². The monoisotopic (exact) mass is 310 g/mol. The normalized spacial score (nSPS) is 12.2. The number of hydrogen-bond acceptors (Lipinski definition) is 2. The Labute approximate surface area is 139 Å². The fourth-order valence-corrected chi connectivity index (χ4v) is 2.72. The molecular weight excluding hydrogens is 284 g/mol. The maximum absolute atomic E-state index is 12.5. The molecule has 0 saturated carbocycles. The lowest BCUT2D eigenvalue weighted by Gasteiger charge is -2.18. The van der Waals surface area contributed by atoms with Crippen molar-refractivity contribution in [3.8, 4) is 0 Å². The number of ether oxygens (including phenoxy) is 1. The molecule has 0 aromatic heterocycles. The van der Waals surface area contributed by atoms with E-state index in [0.717, 1.165) is 24.8 Å². The largest absolute Gasteiger partial charge is 0.459 e. The quantitative estimate of drug-likeness (QED) is 0.642. The Morgan fingerprint density at radius 1 is 1.00 bits per heavy atom. The highest BCUT2D eigenvalue weighted by Gasteiger charge is 2.18. The van der Waals surface area contributed by atoms with Crippen molar-refractivity contribution in [1.29, 1.82) is 0 Å². The highest BCUT2D eigenvalue weighted by molar-refractivity contribution is 5.91. The number of benzene rings is 2. The summed E-state index contributed by atoms with van der Waals surface area (Å²) in [7, 11) is 0. The zero-order valence-electron chi connectivity index (χ0n) is 14.3. The molecule has 0 radical (unpaired) electrons. The molecule has 2 rings (SSSR count). The van der Waals surface area contributed by atoms with Gasteiger partial charge in [0.15, 0.2) is 0 Å². The van der Waals surface area contributed by atoms with E-state index in [9.17, 15) is 4.79 Å². The highest BCUT2D eigenvalue weighted by Crippen LogP contribution is 2.21. The molecule has 1 unspecified atom stereocenters. The van der Waals surface area contributed by atoms with Crippen molar-refractivity contribution in [2.45, 2.75) is 52.1 Å². The summed E-state index contributed by atoms with van der Waals surface area (Å²) in [6, 6.07) is 18.1. The summed E-state index contributed by atoms with van der Waals surface area (Å²) in [6.07, 6.45) is 2.58. The van der Waals surface area contributed by atoms with Crippen molar-refractivity contribution in [3.63, 3.8) is 0 Å². The van der Waals surface area contributed by atoms with Crippen molar-refractivity contribution in [2.75, 3.05) is 0 Å². The van der Waals surface area contributed by atoms with Crippen LogP contribution in [0.3, 0.4) is 0 Å². The van der Waals surface area contributed by atoms with Crippen molar-refractivity contribution in [3.05, 3.63) is 71.3 Å². The Kier molecular flexibility index (Phi) is 6.40. The lowest BCUT2D eigenvalue weighted by atomic mass is 9.97. The van der Waals surface area contributed by atoms with Crippen LogP contribution in [0.15, 0.2) is 54.6 Å². The first-order valence-corrected chi connectivity index (χ1v) is 8.45. The second-order valence-corrected chi connectivity index (χ2v) is 6.20. The van der Waals surface area contributed by atoms with E-state index in [4.69, 9.17) is 4.74 Å². The van der Waals surface area contributed by atoms with Gasteiger partial charge >= 0.3 is 5.97 Å². The summed E-state index contributed by atoms with van der Waals surface area (Å²) in [5.41, 5.74) is 3.03. The minimum absolute atomic E-state index is 0.0390. The molecule has 1 atom stereocenters. The molecule has 2 nitrogen and oxygen atoms in total. The number of hydrogen-bond donors (Lipinski definition) is 0. The number of rotatable bonds is 7. The first-order chi connectivity index (χ1) is 11.1. The fraction of sp³-hybridized carbons (Fsp3) is 0.381. The summed E-state index contributed by atoms with van der Waals surface area (Å²) in [5, 5.41) is 0. The maximum Gasteiger partial charge on any atom is 0.338 e. The molecule has 0 heterocycles. The van der Waals surface area contributed by atoms with E-state index >= 15 is 0 Å². The van der Waals surface area contributed by atoms with Gasteiger partial charge in [-0.05, 0) is 42.4 Å². The molecule has 0 amide bonds. The van der Waals surface area contributed by atoms with Gasteiger partial charge in [-0.25, -0.2) is 4.79 Å². The summed E-state index contributed by atoms with van der Waals surface area (Å²) in [5.74, 6) is 0.109. The van der Waals surface area contributed by atoms with E-state index in [0.29, 0.717) is 11.5 Å². The lowest BCUT2D eigenvalue weighted by Crippen LogP contribution is -2.19. The number of aryl methyl sites for hydroxylation is 1. The highest BCUT2D eigenvalue weighted by atomic mass is 16.5. The standard InChI is InChI=1S/C21H26O2/c1-4-18(15-14-17-10-6-5-7-11-17)23-21(22)20-13-9-8-12-19(20)16(2)3/h5-13,16,18H,4,14-15H2,1-3H3. The lowest BCUT2D eigenvalue weighted by molar-refractivity contribution is 0.0272. The second-order valence-electron chi connectivity index (χ2n) is 6.20. The molecular formula is C21H26O2. The summed E-state index contributed by atoms with van der Waals surface area (Å²) >= 11 is 0. The minimum atomic E-state index is -0.200. The van der Waals surface area contributed by atoms with Gasteiger partial charge in [0.25, 0.3) is 0 Å². The van der Waals surface area contributed by atoms with Gasteiger partial charge in [0.2, 0.25) is 0 Å². The Hall–Kier alpha value is -2.09. The van der Waals surface area contributed by atoms with E-state index in [1.165, 1.54) is 5.56 Å². The van der Waals surface area contributed by atoms with Gasteiger partial charge in [-0.1, -0.05) is 69.3 Å². The average Bonchev–Trinajstić information content (AvgIpc) is 2.59. The third kappa shape index (κ3) is 4.95. The van der Waals surface area contributed by atoms with E-state index in [2.05, 4.69) is 32.9 Å². The van der Waals surface area contributed by atoms with E-state index < -0.39 is 0 Å². The topological polar surface area (TPSA) is 26.3 Å². The molecule has 0 spiro atoms. The molecule has 0 N–H and O–H groups in total. The van der Waals surface area contributed by atoms with Crippen LogP contribution in [-0.4, -0.2) is 12.1 Å². The predicted molar refractivity (Wildman–Crippen MR) is 94.8 cm³/mol. The maximum atomic E-state index is 12.5. The van der Waals surface area contributed by atoms with Crippen molar-refractivity contribution < 1.29 is 9.53 Å². The van der Waals surface area contributed by atoms with Crippen LogP contribution in [0.4, 0.5) is 0 Å². The molecule has 0 aliphatic rings. The van der Waals surface area contributed by atoms with Gasteiger partial charge in [-0.3, -0.25) is 0 Å². The second kappa shape index (κ2) is 8.52. The van der Waals surface area contributed by atoms with E-state index in [1.54, 1.807) is 0 Å². The van der Waals surface area contributed by atoms with Gasteiger partial charge in [0.1, 0.15) is 6.10 Å². The Morgan fingerprint density at radius 3 is 2.30 bits per heavy atom. The molecule has 2 heteroatoms. The van der Waals surface area contributed by atoms with Gasteiger partial charge in [0.05, 0.1) is 5.56 Å². The first kappa shape index (κ1) is 17.3. The molecule has 0 bridgehead atoms. The number of carbonyl (C=O) groups excluding carboxylic acids is 1. The van der Waals surface area contributed by atoms with E-state index in [1.807, 2.05) is 42.5 Å². The third-order valence-corrected chi connectivity index (χ3v) is 4.13. The van der Waals surface area contributed by atoms with Crippen molar-refractivity contribution in [1.82, 2.24) is 0 Å². The Balaban J connectivity index is 2.00. The summed E-state index contributed by atoms with van der Waals surface area (Å²) in [4.78, 5) is 12.5. The van der Waals surface area contributed by atoms with E-state index in [-0.39, 0.29) is 12.1 Å². The van der Waals surface area contributed by atoms with Crippen LogP contribution < -0.4 is 0 Å².